The van der Waals surface area contributed by atoms with Crippen molar-refractivity contribution in [2.75, 3.05) is 12.0 Å². The summed E-state index contributed by atoms with van der Waals surface area (Å²) < 4.78 is 7.13. The van der Waals surface area contributed by atoms with Gasteiger partial charge in [0.25, 0.3) is 0 Å². The number of carbonyl (C=O) groups excluding carboxylic acids is 1. The molecule has 0 fully saturated rings. The summed E-state index contributed by atoms with van der Waals surface area (Å²) in [6, 6.07) is 17.2. The molecule has 0 saturated heterocycles. The van der Waals surface area contributed by atoms with Crippen LogP contribution in [0.5, 0.6) is 5.75 Å². The van der Waals surface area contributed by atoms with Gasteiger partial charge in [0.15, 0.2) is 10.3 Å². The molecule has 152 valence electrons. The lowest BCUT2D eigenvalue weighted by molar-refractivity contribution is -0.115. The van der Waals surface area contributed by atoms with Crippen molar-refractivity contribution in [3.05, 3.63) is 72.0 Å². The van der Waals surface area contributed by atoms with Crippen molar-refractivity contribution in [3.63, 3.8) is 0 Å². The van der Waals surface area contributed by atoms with Crippen LogP contribution < -0.4 is 9.64 Å². The van der Waals surface area contributed by atoms with Gasteiger partial charge in [0, 0.05) is 23.7 Å². The molecule has 0 atom stereocenters. The molecular weight excluding hydrogens is 418 g/mol. The summed E-state index contributed by atoms with van der Waals surface area (Å²) in [6.45, 7) is 1.54. The van der Waals surface area contributed by atoms with E-state index in [4.69, 9.17) is 4.74 Å². The minimum absolute atomic E-state index is 0.0750. The maximum absolute atomic E-state index is 12.2. The quantitative estimate of drug-likeness (QED) is 0.390. The third kappa shape index (κ3) is 4.37. The molecule has 1 amide bonds. The van der Waals surface area contributed by atoms with Crippen molar-refractivity contribution in [1.82, 2.24) is 19.7 Å². The number of rotatable bonds is 7. The molecule has 9 heteroatoms. The zero-order valence-corrected chi connectivity index (χ0v) is 18.1. The van der Waals surface area contributed by atoms with Gasteiger partial charge in [-0.2, -0.15) is 0 Å². The predicted molar refractivity (Wildman–Crippen MR) is 119 cm³/mol. The van der Waals surface area contributed by atoms with E-state index in [9.17, 15) is 4.79 Å². The highest BCUT2D eigenvalue weighted by Gasteiger charge is 2.18. The van der Waals surface area contributed by atoms with Crippen LogP contribution in [-0.4, -0.2) is 32.8 Å². The maximum atomic E-state index is 12.2. The summed E-state index contributed by atoms with van der Waals surface area (Å²) in [5.41, 5.74) is 2.64. The molecule has 2 heterocycles. The van der Waals surface area contributed by atoms with Gasteiger partial charge in [-0.05, 0) is 36.4 Å². The lowest BCUT2D eigenvalue weighted by atomic mass is 10.3. The molecule has 0 saturated carbocycles. The summed E-state index contributed by atoms with van der Waals surface area (Å²) in [4.78, 5) is 18.5. The molecule has 0 aliphatic carbocycles. The Bertz CT molecular complexity index is 1130. The number of ether oxygens (including phenoxy) is 1. The number of nitrogens with zero attached hydrogens (tertiary/aromatic N) is 5. The summed E-state index contributed by atoms with van der Waals surface area (Å²) in [5.74, 6) is 1.34. The number of hydrogen-bond acceptors (Lipinski definition) is 7. The molecule has 7 nitrogen and oxygen atoms in total. The SMILES string of the molecule is COc1ccc(-n2cnnc2SCc2csc(N(C(C)=O)c3ccccc3)n2)cc1. The molecule has 0 unspecified atom stereocenters. The highest BCUT2D eigenvalue weighted by atomic mass is 32.2. The van der Waals surface area contributed by atoms with Gasteiger partial charge in [0.1, 0.15) is 12.1 Å². The van der Waals surface area contributed by atoms with E-state index >= 15 is 0 Å². The second-order valence-electron chi connectivity index (χ2n) is 6.28. The number of methoxy groups -OCH3 is 1. The molecule has 4 rings (SSSR count). The summed E-state index contributed by atoms with van der Waals surface area (Å²) in [7, 11) is 1.64. The first-order valence-corrected chi connectivity index (χ1v) is 11.0. The standard InChI is InChI=1S/C21H19N5O2S2/c1-15(27)26(18-6-4-3-5-7-18)20-23-16(12-29-20)13-30-21-24-22-14-25(21)17-8-10-19(28-2)11-9-17/h3-12,14H,13H2,1-2H3. The smallest absolute Gasteiger partial charge is 0.230 e. The molecule has 0 radical (unpaired) electrons. The molecule has 0 bridgehead atoms. The van der Waals surface area contributed by atoms with Crippen LogP contribution in [0, 0.1) is 0 Å². The fourth-order valence-corrected chi connectivity index (χ4v) is 4.66. The Balaban J connectivity index is 1.49. The largest absolute Gasteiger partial charge is 0.497 e. The van der Waals surface area contributed by atoms with Crippen molar-refractivity contribution in [3.8, 4) is 11.4 Å². The van der Waals surface area contributed by atoms with Crippen LogP contribution in [-0.2, 0) is 10.5 Å². The third-order valence-corrected chi connectivity index (χ3v) is 6.13. The van der Waals surface area contributed by atoms with Gasteiger partial charge in [-0.15, -0.1) is 21.5 Å². The summed E-state index contributed by atoms with van der Waals surface area (Å²) in [6.07, 6.45) is 1.68. The van der Waals surface area contributed by atoms with Gasteiger partial charge >= 0.3 is 0 Å². The van der Waals surface area contributed by atoms with Crippen LogP contribution in [0.15, 0.2) is 71.5 Å². The van der Waals surface area contributed by atoms with E-state index in [-0.39, 0.29) is 5.91 Å². The number of anilines is 2. The average Bonchev–Trinajstić information content (AvgIpc) is 3.42. The van der Waals surface area contributed by atoms with E-state index in [1.165, 1.54) is 23.1 Å². The Morgan fingerprint density at radius 2 is 1.93 bits per heavy atom. The number of carbonyl (C=O) groups is 1. The van der Waals surface area contributed by atoms with Crippen LogP contribution in [0.4, 0.5) is 10.8 Å². The number of benzene rings is 2. The van der Waals surface area contributed by atoms with E-state index in [1.807, 2.05) is 64.5 Å². The first-order chi connectivity index (χ1) is 14.7. The van der Waals surface area contributed by atoms with Gasteiger partial charge in [-0.25, -0.2) is 4.98 Å². The van der Waals surface area contributed by atoms with Crippen LogP contribution >= 0.6 is 23.1 Å². The topological polar surface area (TPSA) is 73.1 Å². The number of amides is 1. The van der Waals surface area contributed by atoms with Gasteiger partial charge in [-0.3, -0.25) is 14.3 Å². The van der Waals surface area contributed by atoms with Crippen molar-refractivity contribution in [2.24, 2.45) is 0 Å². The second-order valence-corrected chi connectivity index (χ2v) is 8.06. The number of hydrogen-bond donors (Lipinski definition) is 0. The highest BCUT2D eigenvalue weighted by molar-refractivity contribution is 7.98. The van der Waals surface area contributed by atoms with Crippen molar-refractivity contribution >= 4 is 39.8 Å². The summed E-state index contributed by atoms with van der Waals surface area (Å²) in [5, 5.41) is 11.6. The van der Waals surface area contributed by atoms with Gasteiger partial charge in [0.05, 0.1) is 18.5 Å². The first kappa shape index (κ1) is 20.1. The Morgan fingerprint density at radius 1 is 1.17 bits per heavy atom. The number of thioether (sulfide) groups is 1. The lowest BCUT2D eigenvalue weighted by Crippen LogP contribution is -2.22. The number of aromatic nitrogens is 4. The fourth-order valence-electron chi connectivity index (χ4n) is 2.85. The molecule has 0 spiro atoms. The zero-order chi connectivity index (χ0) is 20.9. The predicted octanol–water partition coefficient (Wildman–Crippen LogP) is 4.71. The first-order valence-electron chi connectivity index (χ1n) is 9.13. The van der Waals surface area contributed by atoms with Gasteiger partial charge in [-0.1, -0.05) is 30.0 Å². The van der Waals surface area contributed by atoms with Crippen molar-refractivity contribution in [2.45, 2.75) is 17.8 Å². The Kier molecular flexibility index (Phi) is 6.10. The maximum Gasteiger partial charge on any atom is 0.230 e. The Morgan fingerprint density at radius 3 is 2.63 bits per heavy atom. The molecule has 2 aromatic heterocycles. The van der Waals surface area contributed by atoms with Crippen LogP contribution in [0.25, 0.3) is 5.69 Å². The van der Waals surface area contributed by atoms with E-state index in [0.29, 0.717) is 10.9 Å². The van der Waals surface area contributed by atoms with Crippen molar-refractivity contribution < 1.29 is 9.53 Å². The minimum Gasteiger partial charge on any atom is -0.497 e. The fraction of sp³-hybridized carbons (Fsp3) is 0.143. The minimum atomic E-state index is -0.0750. The molecule has 2 aromatic carbocycles. The zero-order valence-electron chi connectivity index (χ0n) is 16.4. The molecule has 30 heavy (non-hydrogen) atoms. The molecule has 4 aromatic rings. The van der Waals surface area contributed by atoms with Crippen LogP contribution in [0.3, 0.4) is 0 Å². The van der Waals surface area contributed by atoms with E-state index in [1.54, 1.807) is 25.3 Å². The normalized spacial score (nSPS) is 10.7. The monoisotopic (exact) mass is 437 g/mol. The van der Waals surface area contributed by atoms with Crippen LogP contribution in [0.1, 0.15) is 12.6 Å². The summed E-state index contributed by atoms with van der Waals surface area (Å²) >= 11 is 2.99. The molecule has 0 aliphatic rings. The number of thiazole rings is 1. The average molecular weight is 438 g/mol. The molecular formula is C21H19N5O2S2. The molecule has 0 aliphatic heterocycles. The van der Waals surface area contributed by atoms with Crippen molar-refractivity contribution in [1.29, 1.82) is 0 Å². The highest BCUT2D eigenvalue weighted by Crippen LogP contribution is 2.31. The van der Waals surface area contributed by atoms with Crippen LogP contribution in [0.2, 0.25) is 0 Å². The van der Waals surface area contributed by atoms with E-state index in [0.717, 1.165) is 28.0 Å². The van der Waals surface area contributed by atoms with Gasteiger partial charge in [0.2, 0.25) is 5.91 Å². The van der Waals surface area contributed by atoms with E-state index < -0.39 is 0 Å². The number of para-hydroxylation sites is 1. The lowest BCUT2D eigenvalue weighted by Gasteiger charge is -2.17. The second kappa shape index (κ2) is 9.10. The van der Waals surface area contributed by atoms with Gasteiger partial charge < -0.3 is 4.74 Å². The third-order valence-electron chi connectivity index (χ3n) is 4.28. The molecule has 0 N–H and O–H groups in total. The Labute approximate surface area is 182 Å². The van der Waals surface area contributed by atoms with E-state index in [2.05, 4.69) is 15.2 Å². The Hall–Kier alpha value is -3.17.